The van der Waals surface area contributed by atoms with Crippen LogP contribution in [-0.4, -0.2) is 6.54 Å². The zero-order chi connectivity index (χ0) is 10.6. The number of benzene rings is 1. The molecule has 0 amide bonds. The topological polar surface area (TPSA) is 52.0 Å². The summed E-state index contributed by atoms with van der Waals surface area (Å²) in [6, 6.07) is 4.79. The average molecular weight is 261 g/mol. The fraction of sp³-hybridized carbons (Fsp3) is 0.400. The molecule has 0 bridgehead atoms. The molecule has 0 spiro atoms. The summed E-state index contributed by atoms with van der Waals surface area (Å²) in [5, 5.41) is 0. The molecule has 1 atom stereocenters. The molecule has 0 saturated heterocycles. The van der Waals surface area contributed by atoms with Crippen molar-refractivity contribution in [1.82, 2.24) is 0 Å². The summed E-state index contributed by atoms with van der Waals surface area (Å²) < 4.78 is 13.4. The Hall–Kier alpha value is -0.450. The van der Waals surface area contributed by atoms with Crippen LogP contribution < -0.4 is 11.5 Å². The molecule has 4 heteroatoms. The van der Waals surface area contributed by atoms with E-state index in [2.05, 4.69) is 15.9 Å². The van der Waals surface area contributed by atoms with Crippen LogP contribution in [0.4, 0.5) is 4.39 Å². The third-order valence-corrected chi connectivity index (χ3v) is 2.70. The Labute approximate surface area is 91.6 Å². The van der Waals surface area contributed by atoms with Crippen molar-refractivity contribution in [2.75, 3.05) is 6.54 Å². The van der Waals surface area contributed by atoms with E-state index in [9.17, 15) is 4.39 Å². The number of rotatable bonds is 4. The maximum absolute atomic E-state index is 12.9. The van der Waals surface area contributed by atoms with Crippen LogP contribution in [-0.2, 0) is 0 Å². The van der Waals surface area contributed by atoms with Gasteiger partial charge in [0, 0.05) is 6.04 Å². The third kappa shape index (κ3) is 3.04. The quantitative estimate of drug-likeness (QED) is 0.873. The maximum atomic E-state index is 12.9. The van der Waals surface area contributed by atoms with Gasteiger partial charge in [0.1, 0.15) is 5.82 Å². The molecule has 1 aromatic rings. The van der Waals surface area contributed by atoms with Gasteiger partial charge in [-0.05, 0) is 53.0 Å². The van der Waals surface area contributed by atoms with E-state index in [0.29, 0.717) is 11.0 Å². The van der Waals surface area contributed by atoms with Gasteiger partial charge in [-0.25, -0.2) is 4.39 Å². The van der Waals surface area contributed by atoms with E-state index in [1.54, 1.807) is 12.1 Å². The number of halogens is 2. The first-order valence-corrected chi connectivity index (χ1v) is 5.35. The lowest BCUT2D eigenvalue weighted by molar-refractivity contribution is 0.603. The van der Waals surface area contributed by atoms with Crippen molar-refractivity contribution >= 4 is 15.9 Å². The molecule has 0 heterocycles. The first kappa shape index (κ1) is 11.6. The fourth-order valence-corrected chi connectivity index (χ4v) is 1.64. The molecule has 0 saturated carbocycles. The van der Waals surface area contributed by atoms with Crippen LogP contribution in [0.15, 0.2) is 22.7 Å². The zero-order valence-corrected chi connectivity index (χ0v) is 9.43. The predicted octanol–water partition coefficient (Wildman–Crippen LogP) is 2.33. The van der Waals surface area contributed by atoms with Crippen molar-refractivity contribution in [1.29, 1.82) is 0 Å². The highest BCUT2D eigenvalue weighted by molar-refractivity contribution is 9.10. The van der Waals surface area contributed by atoms with Crippen LogP contribution in [0.1, 0.15) is 24.4 Å². The van der Waals surface area contributed by atoms with E-state index in [1.165, 1.54) is 6.07 Å². The van der Waals surface area contributed by atoms with E-state index in [0.717, 1.165) is 18.4 Å². The summed E-state index contributed by atoms with van der Waals surface area (Å²) in [6.45, 7) is 0.635. The standard InChI is InChI=1S/C10H14BrFN2/c11-8-6-7(3-4-9(8)12)10(14)2-1-5-13/h3-4,6,10H,1-2,5,13-14H2/t10-/m0/s1. The van der Waals surface area contributed by atoms with Gasteiger partial charge >= 0.3 is 0 Å². The third-order valence-electron chi connectivity index (χ3n) is 2.09. The molecular weight excluding hydrogens is 247 g/mol. The predicted molar refractivity (Wildman–Crippen MR) is 59.3 cm³/mol. The van der Waals surface area contributed by atoms with Crippen LogP contribution in [0.2, 0.25) is 0 Å². The number of nitrogens with two attached hydrogens (primary N) is 2. The normalized spacial score (nSPS) is 12.9. The summed E-state index contributed by atoms with van der Waals surface area (Å²) in [5.74, 6) is -0.264. The lowest BCUT2D eigenvalue weighted by Crippen LogP contribution is -2.12. The van der Waals surface area contributed by atoms with E-state index in [1.807, 2.05) is 0 Å². The van der Waals surface area contributed by atoms with Crippen molar-refractivity contribution < 1.29 is 4.39 Å². The second kappa shape index (κ2) is 5.44. The molecule has 0 radical (unpaired) electrons. The van der Waals surface area contributed by atoms with Crippen molar-refractivity contribution in [3.05, 3.63) is 34.1 Å². The largest absolute Gasteiger partial charge is 0.330 e. The number of hydrogen-bond donors (Lipinski definition) is 2. The molecule has 0 aliphatic heterocycles. The minimum atomic E-state index is -0.264. The number of hydrogen-bond acceptors (Lipinski definition) is 2. The molecular formula is C10H14BrFN2. The SMILES string of the molecule is NCCC[C@H](N)c1ccc(F)c(Br)c1. The van der Waals surface area contributed by atoms with Crippen molar-refractivity contribution in [3.63, 3.8) is 0 Å². The first-order valence-electron chi connectivity index (χ1n) is 4.55. The molecule has 1 rings (SSSR count). The lowest BCUT2D eigenvalue weighted by atomic mass is 10.0. The van der Waals surface area contributed by atoms with Gasteiger partial charge in [0.05, 0.1) is 4.47 Å². The highest BCUT2D eigenvalue weighted by Gasteiger charge is 2.07. The molecule has 0 aromatic heterocycles. The lowest BCUT2D eigenvalue weighted by Gasteiger charge is -2.11. The van der Waals surface area contributed by atoms with Gasteiger partial charge in [0.15, 0.2) is 0 Å². The summed E-state index contributed by atoms with van der Waals surface area (Å²) in [4.78, 5) is 0. The Bertz CT molecular complexity index is 304. The summed E-state index contributed by atoms with van der Waals surface area (Å²) >= 11 is 3.13. The van der Waals surface area contributed by atoms with Crippen LogP contribution in [0, 0.1) is 5.82 Å². The molecule has 78 valence electrons. The minimum absolute atomic E-state index is 0.0598. The van der Waals surface area contributed by atoms with Gasteiger partial charge < -0.3 is 11.5 Å². The van der Waals surface area contributed by atoms with Crippen molar-refractivity contribution in [2.45, 2.75) is 18.9 Å². The highest BCUT2D eigenvalue weighted by atomic mass is 79.9. The van der Waals surface area contributed by atoms with E-state index in [-0.39, 0.29) is 11.9 Å². The molecule has 0 aliphatic rings. The van der Waals surface area contributed by atoms with Gasteiger partial charge in [-0.3, -0.25) is 0 Å². The van der Waals surface area contributed by atoms with Crippen molar-refractivity contribution in [2.24, 2.45) is 11.5 Å². The molecule has 2 nitrogen and oxygen atoms in total. The Kier molecular flexibility index (Phi) is 4.51. The Morgan fingerprint density at radius 3 is 2.71 bits per heavy atom. The van der Waals surface area contributed by atoms with Crippen molar-refractivity contribution in [3.8, 4) is 0 Å². The second-order valence-corrected chi connectivity index (χ2v) is 4.07. The molecule has 0 fully saturated rings. The zero-order valence-electron chi connectivity index (χ0n) is 7.84. The van der Waals surface area contributed by atoms with E-state index < -0.39 is 0 Å². The van der Waals surface area contributed by atoms with Crippen LogP contribution in [0.5, 0.6) is 0 Å². The van der Waals surface area contributed by atoms with Crippen LogP contribution in [0.3, 0.4) is 0 Å². The van der Waals surface area contributed by atoms with Gasteiger partial charge in [-0.15, -0.1) is 0 Å². The van der Waals surface area contributed by atoms with Gasteiger partial charge in [0.2, 0.25) is 0 Å². The van der Waals surface area contributed by atoms with Gasteiger partial charge in [0.25, 0.3) is 0 Å². The minimum Gasteiger partial charge on any atom is -0.330 e. The maximum Gasteiger partial charge on any atom is 0.137 e. The van der Waals surface area contributed by atoms with E-state index >= 15 is 0 Å². The first-order chi connectivity index (χ1) is 6.65. The Balaban J connectivity index is 2.70. The van der Waals surface area contributed by atoms with Crippen LogP contribution in [0.25, 0.3) is 0 Å². The molecule has 0 unspecified atom stereocenters. The second-order valence-electron chi connectivity index (χ2n) is 3.21. The van der Waals surface area contributed by atoms with E-state index in [4.69, 9.17) is 11.5 Å². The molecule has 0 aliphatic carbocycles. The smallest absolute Gasteiger partial charge is 0.137 e. The molecule has 14 heavy (non-hydrogen) atoms. The Morgan fingerprint density at radius 1 is 1.43 bits per heavy atom. The molecule has 1 aromatic carbocycles. The monoisotopic (exact) mass is 260 g/mol. The average Bonchev–Trinajstić information content (AvgIpc) is 2.18. The van der Waals surface area contributed by atoms with Gasteiger partial charge in [-0.1, -0.05) is 6.07 Å². The summed E-state index contributed by atoms with van der Waals surface area (Å²) in [6.07, 6.45) is 1.71. The highest BCUT2D eigenvalue weighted by Crippen LogP contribution is 2.22. The summed E-state index contributed by atoms with van der Waals surface area (Å²) in [7, 11) is 0. The fourth-order valence-electron chi connectivity index (χ4n) is 1.25. The van der Waals surface area contributed by atoms with Gasteiger partial charge in [-0.2, -0.15) is 0 Å². The molecule has 4 N–H and O–H groups in total. The van der Waals surface area contributed by atoms with Crippen LogP contribution >= 0.6 is 15.9 Å². The summed E-state index contributed by atoms with van der Waals surface area (Å²) in [5.41, 5.74) is 12.2. The Morgan fingerprint density at radius 2 is 2.14 bits per heavy atom.